The Bertz CT molecular complexity index is 7920. The Hall–Kier alpha value is -10.4. The maximum Gasteiger partial charge on any atom is 0.227 e. The summed E-state index contributed by atoms with van der Waals surface area (Å²) >= 11 is 0. The highest BCUT2D eigenvalue weighted by molar-refractivity contribution is 6.14. The number of hydrogen-bond acceptors (Lipinski definition) is 6. The molecule has 0 bridgehead atoms. The number of rotatable bonds is 12. The number of benzene rings is 6. The molecule has 0 amide bonds. The monoisotopic (exact) mass is 1520 g/mol. The van der Waals surface area contributed by atoms with Gasteiger partial charge in [-0.1, -0.05) is 220 Å². The molecule has 0 saturated heterocycles. The van der Waals surface area contributed by atoms with Gasteiger partial charge in [-0.05, 0) is 180 Å². The summed E-state index contributed by atoms with van der Waals surface area (Å²) in [4.78, 5) is 14.3. The van der Waals surface area contributed by atoms with Crippen LogP contribution in [0.4, 0.5) is 0 Å². The molecule has 6 aromatic carbocycles. The van der Waals surface area contributed by atoms with E-state index in [0.717, 1.165) is 59.5 Å². The van der Waals surface area contributed by atoms with Crippen LogP contribution in [0.25, 0.3) is 133 Å². The average Bonchev–Trinajstić information content (AvgIpc) is 1.50. The van der Waals surface area contributed by atoms with Crippen molar-refractivity contribution in [3.05, 3.63) is 248 Å². The predicted octanol–water partition coefficient (Wildman–Crippen LogP) is 25.9. The number of pyridine rings is 6. The molecule has 4 unspecified atom stereocenters. The minimum absolute atomic E-state index is 0.00623. The Balaban J connectivity index is 0.000000160. The van der Waals surface area contributed by atoms with E-state index in [-0.39, 0.29) is 94.9 Å². The topological polar surface area (TPSA) is 89.7 Å². The predicted molar refractivity (Wildman–Crippen MR) is 464 cm³/mol. The fraction of sp³-hybridized carbons (Fsp3) is 0.359. The van der Waals surface area contributed by atoms with Crippen LogP contribution in [0.3, 0.4) is 0 Å². The van der Waals surface area contributed by atoms with Gasteiger partial charge in [0.25, 0.3) is 0 Å². The molecule has 0 radical (unpaired) electrons. The van der Waals surface area contributed by atoms with Gasteiger partial charge in [0.2, 0.25) is 34.2 Å². The van der Waals surface area contributed by atoms with Crippen molar-refractivity contribution in [1.82, 2.24) is 15.0 Å². The van der Waals surface area contributed by atoms with E-state index in [2.05, 4.69) is 50.2 Å². The minimum Gasteiger partial charge on any atom is -0.437 e. The van der Waals surface area contributed by atoms with Crippen LogP contribution < -0.4 is 13.7 Å². The van der Waals surface area contributed by atoms with Crippen molar-refractivity contribution in [1.29, 1.82) is 0 Å². The van der Waals surface area contributed by atoms with Gasteiger partial charge in [-0.2, -0.15) is 0 Å². The van der Waals surface area contributed by atoms with Crippen molar-refractivity contribution in [2.75, 3.05) is 0 Å². The fourth-order valence-electron chi connectivity index (χ4n) is 17.8. The lowest BCUT2D eigenvalue weighted by atomic mass is 9.64. The summed E-state index contributed by atoms with van der Waals surface area (Å²) in [6.07, 6.45) is -0.459. The fourth-order valence-corrected chi connectivity index (χ4v) is 17.8. The molecule has 112 heavy (non-hydrogen) atoms. The van der Waals surface area contributed by atoms with Crippen LogP contribution in [0.5, 0.6) is 0 Å². The second-order valence-corrected chi connectivity index (χ2v) is 31.5. The zero-order valence-corrected chi connectivity index (χ0v) is 66.0. The number of fused-ring (bicyclic) bond motifs is 19. The zero-order valence-electron chi connectivity index (χ0n) is 101. The van der Waals surface area contributed by atoms with Crippen molar-refractivity contribution in [3.63, 3.8) is 0 Å². The molecule has 3 aliphatic rings. The largest absolute Gasteiger partial charge is 0.437 e. The van der Waals surface area contributed by atoms with Crippen LogP contribution in [0.15, 0.2) is 178 Å². The number of furan rings is 3. The van der Waals surface area contributed by atoms with E-state index in [0.29, 0.717) is 66.5 Å². The summed E-state index contributed by atoms with van der Waals surface area (Å²) in [6.45, 7) is -2.18. The van der Waals surface area contributed by atoms with Gasteiger partial charge >= 0.3 is 0 Å². The lowest BCUT2D eigenvalue weighted by Gasteiger charge is -2.39. The molecule has 0 spiro atoms. The molecule has 15 aromatic rings. The number of aryl methyl sites for hydroxylation is 9. The van der Waals surface area contributed by atoms with Crippen LogP contribution in [-0.2, 0) is 37.4 Å². The molecule has 3 aliphatic carbocycles. The Morgan fingerprint density at radius 2 is 0.821 bits per heavy atom. The Kier molecular flexibility index (Phi) is 11.1. The molecular formula is C103H113N6O3+3. The van der Waals surface area contributed by atoms with Crippen molar-refractivity contribution < 1.29 is 74.9 Å². The van der Waals surface area contributed by atoms with E-state index in [9.17, 15) is 8.22 Å². The van der Waals surface area contributed by atoms with Crippen molar-refractivity contribution in [2.45, 2.75) is 198 Å². The summed E-state index contributed by atoms with van der Waals surface area (Å²) in [5, 5.41) is 3.85. The minimum atomic E-state index is -3.66. The van der Waals surface area contributed by atoms with Gasteiger partial charge in [0.1, 0.15) is 21.1 Å². The molecule has 0 fully saturated rings. The Morgan fingerprint density at radius 3 is 1.28 bits per heavy atom. The number of hydrogen-bond donors (Lipinski definition) is 0. The van der Waals surface area contributed by atoms with Crippen LogP contribution in [0, 0.1) is 64.9 Å². The summed E-state index contributed by atoms with van der Waals surface area (Å²) in [5.41, 5.74) is 7.41. The molecule has 9 heteroatoms. The van der Waals surface area contributed by atoms with Gasteiger partial charge in [0, 0.05) is 149 Å². The number of aromatic nitrogens is 6. The molecule has 570 valence electrons. The SMILES string of the molecule is [2H]C([2H])([2H])c1c[n+](C)c(-c2c(C)ccc3c2oc2nc4c(cc23)-c2ccccc2C4(C([2H])(C)C([2H])([2H])[2H])C([2H])(C([2H])([2H])[2H])C([2H])([2H])[2H])cc1C([2H])(C)C.[2H]C([2H])([2H])c1c[n+](C)c(-c2c(C)ccc3c2oc2nc4c(cc23)-c2ccccc2C4(C([2H])([2H])C([2H])(C)C([2H])([2H])[2H])C([2H])([2H])C([2H])(C)C([2H])([2H])[2H])cc1C([2H])(C)C.[2H]C([2H])([2H])c1c[n+](C)c(-c2c(C)ccc3c2oc2ncc4c(c23)C(C)(C)c2ccccc2-4)cc1C([2H])(C)C. The van der Waals surface area contributed by atoms with Crippen molar-refractivity contribution in [2.24, 2.45) is 44.7 Å². The van der Waals surface area contributed by atoms with Crippen LogP contribution in [-0.4, -0.2) is 15.0 Å². The van der Waals surface area contributed by atoms with Gasteiger partial charge in [0.15, 0.2) is 35.3 Å². The quantitative estimate of drug-likeness (QED) is 0.113. The highest BCUT2D eigenvalue weighted by Crippen LogP contribution is 2.59. The van der Waals surface area contributed by atoms with E-state index >= 15 is 0 Å². The second kappa shape index (κ2) is 27.8. The third-order valence-corrected chi connectivity index (χ3v) is 22.9. The van der Waals surface area contributed by atoms with Crippen LogP contribution >= 0.6 is 0 Å². The first-order chi connectivity index (χ1) is 66.8. The summed E-state index contributed by atoms with van der Waals surface area (Å²) < 4.78 is 327. The first kappa shape index (κ1) is 44.8. The molecule has 9 aromatic heterocycles. The van der Waals surface area contributed by atoms with Crippen LogP contribution in [0.1, 0.15) is 273 Å². The number of nitrogens with zero attached hydrogens (tertiary/aromatic N) is 6. The third-order valence-electron chi connectivity index (χ3n) is 22.9. The standard InChI is InChI=1S/C37H43N2O.C35H39N2O.C31H31N2O/c1-21(2)18-37(19-22(3)4)31-13-11-10-12-26(31)29-16-30-27-15-14-24(7)33(34(27)40-36(30)38-35(29)37)32-17-28(23(5)6)25(8)20-39(32)9;1-19(2)26-17-30(37(9)18-23(26)8)31-22(7)14-15-25-28-16-27-24-12-10-11-13-29(24)35(20(3)4,21(5)6)33(27)36-34(28)38-32(25)31;1-17(2)22-14-25(33(7)16-19(22)4)26-18(3)12-13-21-27-28-23(15-32-30(27)34-29(21)26)20-10-8-9-11-24(20)31(28,5)6/h10-17,20-23H,18-19H2,1-9H3;10-21H,1-9H3;8-17H,1-7H3/q3*+1/i1D3,3D3,8D3,18D2,19D2,21D,22D,23D;3D3,4D3,5D3,8D3,19D,20D,21D;4D3,17D. The first-order valence-corrected chi connectivity index (χ1v) is 37.4. The van der Waals surface area contributed by atoms with E-state index < -0.39 is 125 Å². The molecule has 0 N–H and O–H groups in total. The highest BCUT2D eigenvalue weighted by atomic mass is 16.3. The molecule has 9 nitrogen and oxygen atoms in total. The smallest absolute Gasteiger partial charge is 0.227 e. The van der Waals surface area contributed by atoms with Gasteiger partial charge in [-0.3, -0.25) is 0 Å². The normalized spacial score (nSPS) is 23.7. The maximum absolute atomic E-state index is 9.66. The first-order valence-electron chi connectivity index (χ1n) is 54.9. The third kappa shape index (κ3) is 11.6. The molecule has 4 atom stereocenters. The Labute approximate surface area is 712 Å². The zero-order chi connectivity index (χ0) is 110. The molecule has 9 heterocycles. The maximum atomic E-state index is 9.66. The van der Waals surface area contributed by atoms with E-state index in [1.165, 1.54) is 53.3 Å². The van der Waals surface area contributed by atoms with Gasteiger partial charge in [-0.15, -0.1) is 0 Å². The Morgan fingerprint density at radius 1 is 0.420 bits per heavy atom. The lowest BCUT2D eigenvalue weighted by Crippen LogP contribution is -2.38. The van der Waals surface area contributed by atoms with Crippen LogP contribution in [0.2, 0.25) is 0 Å². The molecular weight excluding hydrogens is 1370 g/mol. The van der Waals surface area contributed by atoms with E-state index in [4.69, 9.17) is 68.0 Å². The van der Waals surface area contributed by atoms with Gasteiger partial charge in [0.05, 0.1) is 33.5 Å². The molecule has 0 saturated carbocycles. The molecule has 0 aliphatic heterocycles. The summed E-state index contributed by atoms with van der Waals surface area (Å²) in [7, 11) is 5.19. The second-order valence-electron chi connectivity index (χ2n) is 31.5. The average molecular weight is 1520 g/mol. The van der Waals surface area contributed by atoms with Crippen molar-refractivity contribution >= 4 is 66.2 Å². The van der Waals surface area contributed by atoms with E-state index in [1.807, 2.05) is 56.8 Å². The highest BCUT2D eigenvalue weighted by Gasteiger charge is 2.50. The summed E-state index contributed by atoms with van der Waals surface area (Å²) in [5.74, 6) is -16.5. The van der Waals surface area contributed by atoms with Gasteiger partial charge in [-0.25, -0.2) is 28.7 Å². The molecule has 18 rings (SSSR count). The van der Waals surface area contributed by atoms with E-state index in [1.54, 1.807) is 132 Å². The van der Waals surface area contributed by atoms with Gasteiger partial charge < -0.3 is 13.3 Å². The summed E-state index contributed by atoms with van der Waals surface area (Å²) in [6, 6.07) is 40.2. The lowest BCUT2D eigenvalue weighted by molar-refractivity contribution is -0.660. The van der Waals surface area contributed by atoms with Crippen molar-refractivity contribution in [3.8, 4) is 67.2 Å².